The second kappa shape index (κ2) is 3.27. The molecule has 0 aliphatic carbocycles. The van der Waals surface area contributed by atoms with Crippen molar-refractivity contribution in [3.05, 3.63) is 17.5 Å². The van der Waals surface area contributed by atoms with E-state index in [1.807, 2.05) is 7.05 Å². The van der Waals surface area contributed by atoms with Crippen molar-refractivity contribution in [3.63, 3.8) is 0 Å². The minimum Gasteiger partial charge on any atom is -0.364 e. The molecule has 0 saturated carbocycles. The van der Waals surface area contributed by atoms with Gasteiger partial charge in [0.1, 0.15) is 6.26 Å². The van der Waals surface area contributed by atoms with Crippen LogP contribution in [-0.2, 0) is 12.0 Å². The largest absolute Gasteiger partial charge is 0.364 e. The zero-order chi connectivity index (χ0) is 9.19. The molecule has 0 aliphatic heterocycles. The molecule has 0 aromatic carbocycles. The molecule has 1 rings (SSSR count). The first kappa shape index (κ1) is 9.26. The third kappa shape index (κ3) is 1.85. The molecule has 0 spiro atoms. The molecule has 1 heterocycles. The highest BCUT2D eigenvalue weighted by Crippen LogP contribution is 2.23. The molecule has 1 aromatic heterocycles. The number of nitrogens with one attached hydrogen (secondary N) is 1. The van der Waals surface area contributed by atoms with Gasteiger partial charge in [-0.1, -0.05) is 25.9 Å². The van der Waals surface area contributed by atoms with Crippen LogP contribution in [0.1, 0.15) is 32.0 Å². The molecule has 1 aromatic rings. The molecule has 0 fully saturated rings. The lowest BCUT2D eigenvalue weighted by Gasteiger charge is -2.15. The summed E-state index contributed by atoms with van der Waals surface area (Å²) in [6.07, 6.45) is 1.71. The Balaban J connectivity index is 2.91. The maximum Gasteiger partial charge on any atom is 0.128 e. The van der Waals surface area contributed by atoms with Gasteiger partial charge in [-0.25, -0.2) is 0 Å². The molecule has 0 amide bonds. The van der Waals surface area contributed by atoms with Crippen LogP contribution in [0.3, 0.4) is 0 Å². The summed E-state index contributed by atoms with van der Waals surface area (Å²) in [7, 11) is 1.92. The lowest BCUT2D eigenvalue weighted by molar-refractivity contribution is 0.393. The van der Waals surface area contributed by atoms with Gasteiger partial charge < -0.3 is 9.84 Å². The lowest BCUT2D eigenvalue weighted by atomic mass is 9.89. The van der Waals surface area contributed by atoms with Crippen LogP contribution >= 0.6 is 0 Å². The number of hydrogen-bond acceptors (Lipinski definition) is 3. The Bertz CT molecular complexity index is 247. The van der Waals surface area contributed by atoms with Crippen molar-refractivity contribution < 1.29 is 4.52 Å². The Kier molecular flexibility index (Phi) is 2.52. The van der Waals surface area contributed by atoms with E-state index in [0.717, 1.165) is 17.8 Å². The van der Waals surface area contributed by atoms with Gasteiger partial charge in [0.2, 0.25) is 0 Å². The second-order valence-electron chi connectivity index (χ2n) is 3.97. The highest BCUT2D eigenvalue weighted by molar-refractivity contribution is 5.21. The molecule has 0 unspecified atom stereocenters. The first-order valence-corrected chi connectivity index (χ1v) is 4.14. The fourth-order valence-electron chi connectivity index (χ4n) is 1.19. The Morgan fingerprint density at radius 2 is 2.17 bits per heavy atom. The summed E-state index contributed by atoms with van der Waals surface area (Å²) < 4.78 is 4.93. The fraction of sp³-hybridized carbons (Fsp3) is 0.667. The molecular formula is C9H16N2O. The van der Waals surface area contributed by atoms with Crippen LogP contribution in [0.2, 0.25) is 0 Å². The summed E-state index contributed by atoms with van der Waals surface area (Å²) in [5.41, 5.74) is 2.25. The maximum absolute atomic E-state index is 4.93. The molecule has 0 radical (unpaired) electrons. The van der Waals surface area contributed by atoms with Crippen LogP contribution in [0, 0.1) is 0 Å². The number of hydrogen-bond donors (Lipinski definition) is 1. The van der Waals surface area contributed by atoms with Gasteiger partial charge in [-0.3, -0.25) is 0 Å². The van der Waals surface area contributed by atoms with Crippen molar-refractivity contribution in [2.45, 2.75) is 32.7 Å². The van der Waals surface area contributed by atoms with E-state index in [4.69, 9.17) is 4.52 Å². The Labute approximate surface area is 73.1 Å². The lowest BCUT2D eigenvalue weighted by Crippen LogP contribution is -2.16. The maximum atomic E-state index is 4.93. The van der Waals surface area contributed by atoms with E-state index in [0.29, 0.717) is 0 Å². The summed E-state index contributed by atoms with van der Waals surface area (Å²) in [5.74, 6) is 0. The van der Waals surface area contributed by atoms with Crippen molar-refractivity contribution >= 4 is 0 Å². The van der Waals surface area contributed by atoms with E-state index >= 15 is 0 Å². The number of nitrogens with zero attached hydrogens (tertiary/aromatic N) is 1. The first-order valence-electron chi connectivity index (χ1n) is 4.14. The molecule has 0 aliphatic rings. The highest BCUT2D eigenvalue weighted by atomic mass is 16.5. The van der Waals surface area contributed by atoms with Crippen LogP contribution in [0.4, 0.5) is 0 Å². The van der Waals surface area contributed by atoms with Gasteiger partial charge in [0.15, 0.2) is 0 Å². The summed E-state index contributed by atoms with van der Waals surface area (Å²) in [4.78, 5) is 0. The molecule has 3 nitrogen and oxygen atoms in total. The van der Waals surface area contributed by atoms with E-state index in [-0.39, 0.29) is 5.41 Å². The van der Waals surface area contributed by atoms with Gasteiger partial charge in [-0.2, -0.15) is 0 Å². The summed E-state index contributed by atoms with van der Waals surface area (Å²) in [6.45, 7) is 7.20. The molecule has 1 N–H and O–H groups in total. The summed E-state index contributed by atoms with van der Waals surface area (Å²) in [6, 6.07) is 0. The summed E-state index contributed by atoms with van der Waals surface area (Å²) >= 11 is 0. The van der Waals surface area contributed by atoms with Gasteiger partial charge in [0.25, 0.3) is 0 Å². The van der Waals surface area contributed by atoms with Crippen LogP contribution in [0.25, 0.3) is 0 Å². The van der Waals surface area contributed by atoms with E-state index in [1.165, 1.54) is 0 Å². The highest BCUT2D eigenvalue weighted by Gasteiger charge is 2.21. The number of aromatic nitrogens is 1. The minimum absolute atomic E-state index is 0.0686. The van der Waals surface area contributed by atoms with E-state index in [2.05, 4.69) is 31.2 Å². The van der Waals surface area contributed by atoms with Gasteiger partial charge in [-0.15, -0.1) is 0 Å². The normalized spacial score (nSPS) is 12.0. The van der Waals surface area contributed by atoms with Crippen molar-refractivity contribution in [2.24, 2.45) is 0 Å². The Hall–Kier alpha value is -0.830. The van der Waals surface area contributed by atoms with E-state index in [1.54, 1.807) is 6.26 Å². The molecular weight excluding hydrogens is 152 g/mol. The van der Waals surface area contributed by atoms with Gasteiger partial charge in [0, 0.05) is 17.5 Å². The van der Waals surface area contributed by atoms with Crippen LogP contribution in [0.15, 0.2) is 10.8 Å². The molecule has 12 heavy (non-hydrogen) atoms. The van der Waals surface area contributed by atoms with Crippen molar-refractivity contribution in [1.29, 1.82) is 0 Å². The van der Waals surface area contributed by atoms with Crippen molar-refractivity contribution in [3.8, 4) is 0 Å². The molecule has 0 atom stereocenters. The van der Waals surface area contributed by atoms with Crippen LogP contribution in [0.5, 0.6) is 0 Å². The SMILES string of the molecule is CNCc1conc1C(C)(C)C. The standard InChI is InChI=1S/C9H16N2O/c1-9(2,3)8-7(5-10-4)6-12-11-8/h6,10H,5H2,1-4H3. The zero-order valence-corrected chi connectivity index (χ0v) is 8.14. The smallest absolute Gasteiger partial charge is 0.128 e. The molecule has 0 bridgehead atoms. The monoisotopic (exact) mass is 168 g/mol. The van der Waals surface area contributed by atoms with E-state index in [9.17, 15) is 0 Å². The van der Waals surface area contributed by atoms with Crippen LogP contribution in [-0.4, -0.2) is 12.2 Å². The number of rotatable bonds is 2. The van der Waals surface area contributed by atoms with Gasteiger partial charge in [0.05, 0.1) is 5.69 Å². The topological polar surface area (TPSA) is 38.1 Å². The predicted octanol–water partition coefficient (Wildman–Crippen LogP) is 1.69. The minimum atomic E-state index is 0.0686. The third-order valence-corrected chi connectivity index (χ3v) is 1.72. The predicted molar refractivity (Wildman–Crippen MR) is 48.0 cm³/mol. The molecule has 0 saturated heterocycles. The zero-order valence-electron chi connectivity index (χ0n) is 8.14. The summed E-state index contributed by atoms with van der Waals surface area (Å²) in [5, 5.41) is 7.07. The third-order valence-electron chi connectivity index (χ3n) is 1.72. The van der Waals surface area contributed by atoms with Crippen LogP contribution < -0.4 is 5.32 Å². The quantitative estimate of drug-likeness (QED) is 0.730. The second-order valence-corrected chi connectivity index (χ2v) is 3.97. The Morgan fingerprint density at radius 1 is 1.50 bits per heavy atom. The van der Waals surface area contributed by atoms with E-state index < -0.39 is 0 Å². The average Bonchev–Trinajstić information content (AvgIpc) is 2.34. The molecule has 68 valence electrons. The van der Waals surface area contributed by atoms with Gasteiger partial charge >= 0.3 is 0 Å². The van der Waals surface area contributed by atoms with Gasteiger partial charge in [-0.05, 0) is 7.05 Å². The first-order chi connectivity index (χ1) is 5.55. The average molecular weight is 168 g/mol. The van der Waals surface area contributed by atoms with Crippen molar-refractivity contribution in [2.75, 3.05) is 7.05 Å². The molecule has 3 heteroatoms. The van der Waals surface area contributed by atoms with Crippen molar-refractivity contribution in [1.82, 2.24) is 10.5 Å². The Morgan fingerprint density at radius 3 is 2.67 bits per heavy atom. The fourth-order valence-corrected chi connectivity index (χ4v) is 1.19.